The van der Waals surface area contributed by atoms with Gasteiger partial charge >= 0.3 is 5.69 Å². The topological polar surface area (TPSA) is 47.8 Å². The third kappa shape index (κ3) is 1.81. The lowest BCUT2D eigenvalue weighted by atomic mass is 10.0. The van der Waals surface area contributed by atoms with Gasteiger partial charge in [-0.05, 0) is 30.0 Å². The lowest BCUT2D eigenvalue weighted by Crippen LogP contribution is -2.22. The lowest BCUT2D eigenvalue weighted by Gasteiger charge is -2.14. The van der Waals surface area contributed by atoms with Crippen LogP contribution < -0.4 is 5.69 Å². The summed E-state index contributed by atoms with van der Waals surface area (Å²) in [7, 11) is 0. The molecule has 0 atom stereocenters. The second-order valence-electron chi connectivity index (χ2n) is 5.24. The van der Waals surface area contributed by atoms with Gasteiger partial charge < -0.3 is 0 Å². The first-order valence-corrected chi connectivity index (χ1v) is 7.07. The molecule has 0 unspecified atom stereocenters. The van der Waals surface area contributed by atoms with Gasteiger partial charge in [0.1, 0.15) is 5.65 Å². The Morgan fingerprint density at radius 3 is 2.64 bits per heavy atom. The maximum Gasteiger partial charge on any atom is 0.353 e. The van der Waals surface area contributed by atoms with Crippen molar-refractivity contribution < 1.29 is 0 Å². The molecule has 22 heavy (non-hydrogen) atoms. The highest BCUT2D eigenvalue weighted by molar-refractivity contribution is 5.93. The number of rotatable bonds is 1. The first-order valence-electron chi connectivity index (χ1n) is 7.07. The fraction of sp³-hybridized carbons (Fsp3) is 0.0556. The molecule has 2 aromatic carbocycles. The molecule has 0 spiro atoms. The van der Waals surface area contributed by atoms with Crippen molar-refractivity contribution in [3.05, 3.63) is 77.0 Å². The maximum absolute atomic E-state index is 12.4. The van der Waals surface area contributed by atoms with Crippen molar-refractivity contribution >= 4 is 21.8 Å². The molecule has 4 rings (SSSR count). The molecule has 0 saturated carbocycles. The smallest absolute Gasteiger partial charge is 0.245 e. The molecule has 0 amide bonds. The third-order valence-corrected chi connectivity index (χ3v) is 3.86. The molecule has 4 nitrogen and oxygen atoms in total. The van der Waals surface area contributed by atoms with E-state index in [1.807, 2.05) is 49.4 Å². The molecule has 0 aliphatic heterocycles. The van der Waals surface area contributed by atoms with Crippen LogP contribution in [0.25, 0.3) is 27.5 Å². The van der Waals surface area contributed by atoms with Gasteiger partial charge in [0.05, 0.1) is 5.69 Å². The Morgan fingerprint density at radius 1 is 0.909 bits per heavy atom. The molecule has 0 saturated heterocycles. The Labute approximate surface area is 126 Å². The SMILES string of the molecule is Cc1ccc2ccccc2c1-n1c(=O)ncc2cccnc21. The van der Waals surface area contributed by atoms with Crippen LogP contribution in [-0.2, 0) is 0 Å². The van der Waals surface area contributed by atoms with Crippen LogP contribution in [0.2, 0.25) is 0 Å². The van der Waals surface area contributed by atoms with E-state index < -0.39 is 0 Å². The molecule has 0 fully saturated rings. The summed E-state index contributed by atoms with van der Waals surface area (Å²) in [6, 6.07) is 15.9. The number of aromatic nitrogens is 3. The van der Waals surface area contributed by atoms with E-state index in [-0.39, 0.29) is 5.69 Å². The Hall–Kier alpha value is -3.01. The zero-order chi connectivity index (χ0) is 15.1. The first kappa shape index (κ1) is 12.7. The van der Waals surface area contributed by atoms with E-state index in [4.69, 9.17) is 0 Å². The van der Waals surface area contributed by atoms with Gasteiger partial charge in [0, 0.05) is 23.2 Å². The minimum Gasteiger partial charge on any atom is -0.245 e. The number of hydrogen-bond donors (Lipinski definition) is 0. The van der Waals surface area contributed by atoms with E-state index >= 15 is 0 Å². The van der Waals surface area contributed by atoms with Gasteiger partial charge in [-0.25, -0.2) is 19.3 Å². The molecule has 4 aromatic rings. The highest BCUT2D eigenvalue weighted by Crippen LogP contribution is 2.26. The number of benzene rings is 2. The van der Waals surface area contributed by atoms with E-state index in [9.17, 15) is 4.79 Å². The molecule has 4 heteroatoms. The normalized spacial score (nSPS) is 11.1. The van der Waals surface area contributed by atoms with Crippen LogP contribution >= 0.6 is 0 Å². The van der Waals surface area contributed by atoms with Gasteiger partial charge in [0.2, 0.25) is 0 Å². The van der Waals surface area contributed by atoms with Gasteiger partial charge in [-0.3, -0.25) is 0 Å². The standard InChI is InChI=1S/C18H13N3O/c1-12-8-9-13-5-2-3-7-15(13)16(12)21-17-14(6-4-10-19-17)11-20-18(21)22/h2-11H,1H3. The minimum atomic E-state index is -0.314. The van der Waals surface area contributed by atoms with Gasteiger partial charge in [-0.1, -0.05) is 36.4 Å². The summed E-state index contributed by atoms with van der Waals surface area (Å²) in [6.07, 6.45) is 3.26. The number of hydrogen-bond acceptors (Lipinski definition) is 3. The number of nitrogens with zero attached hydrogens (tertiary/aromatic N) is 3. The first-order chi connectivity index (χ1) is 10.8. The van der Waals surface area contributed by atoms with Gasteiger partial charge in [0.25, 0.3) is 0 Å². The Kier molecular flexibility index (Phi) is 2.76. The van der Waals surface area contributed by atoms with E-state index in [1.165, 1.54) is 0 Å². The van der Waals surface area contributed by atoms with Crippen LogP contribution in [0, 0.1) is 6.92 Å². The molecule has 2 aromatic heterocycles. The average Bonchev–Trinajstić information content (AvgIpc) is 2.56. The van der Waals surface area contributed by atoms with Crippen molar-refractivity contribution in [2.24, 2.45) is 0 Å². The molecule has 2 heterocycles. The zero-order valence-electron chi connectivity index (χ0n) is 12.0. The van der Waals surface area contributed by atoms with Crippen molar-refractivity contribution in [3.63, 3.8) is 0 Å². The zero-order valence-corrected chi connectivity index (χ0v) is 12.0. The molecule has 0 N–H and O–H groups in total. The van der Waals surface area contributed by atoms with Crippen LogP contribution in [0.15, 0.2) is 65.7 Å². The lowest BCUT2D eigenvalue weighted by molar-refractivity contribution is 0.940. The molecule has 0 bridgehead atoms. The van der Waals surface area contributed by atoms with Crippen LogP contribution in [0.1, 0.15) is 5.56 Å². The fourth-order valence-electron chi connectivity index (χ4n) is 2.83. The van der Waals surface area contributed by atoms with E-state index in [2.05, 4.69) is 16.0 Å². The highest BCUT2D eigenvalue weighted by atomic mass is 16.1. The van der Waals surface area contributed by atoms with Crippen LogP contribution in [0.3, 0.4) is 0 Å². The van der Waals surface area contributed by atoms with Crippen LogP contribution in [0.5, 0.6) is 0 Å². The van der Waals surface area contributed by atoms with Gasteiger partial charge in [0.15, 0.2) is 0 Å². The van der Waals surface area contributed by atoms with Crippen molar-refractivity contribution in [2.75, 3.05) is 0 Å². The summed E-state index contributed by atoms with van der Waals surface area (Å²) in [5.74, 6) is 0. The second-order valence-corrected chi connectivity index (χ2v) is 5.24. The van der Waals surface area contributed by atoms with E-state index in [0.29, 0.717) is 5.65 Å². The Balaban J connectivity index is 2.24. The fourth-order valence-corrected chi connectivity index (χ4v) is 2.83. The summed E-state index contributed by atoms with van der Waals surface area (Å²) in [5, 5.41) is 2.95. The van der Waals surface area contributed by atoms with E-state index in [0.717, 1.165) is 27.4 Å². The minimum absolute atomic E-state index is 0.314. The number of pyridine rings is 1. The second kappa shape index (κ2) is 4.77. The summed E-state index contributed by atoms with van der Waals surface area (Å²) in [6.45, 7) is 2.00. The van der Waals surface area contributed by atoms with E-state index in [1.54, 1.807) is 17.0 Å². The summed E-state index contributed by atoms with van der Waals surface area (Å²) < 4.78 is 1.60. The van der Waals surface area contributed by atoms with Gasteiger partial charge in [-0.2, -0.15) is 0 Å². The average molecular weight is 287 g/mol. The van der Waals surface area contributed by atoms with Crippen molar-refractivity contribution in [1.82, 2.24) is 14.5 Å². The Morgan fingerprint density at radius 2 is 1.73 bits per heavy atom. The largest absolute Gasteiger partial charge is 0.353 e. The molecule has 0 radical (unpaired) electrons. The van der Waals surface area contributed by atoms with Gasteiger partial charge in [-0.15, -0.1) is 0 Å². The number of fused-ring (bicyclic) bond motifs is 2. The molecule has 106 valence electrons. The van der Waals surface area contributed by atoms with Crippen molar-refractivity contribution in [3.8, 4) is 5.69 Å². The van der Waals surface area contributed by atoms with Crippen LogP contribution in [0.4, 0.5) is 0 Å². The molecular formula is C18H13N3O. The third-order valence-electron chi connectivity index (χ3n) is 3.86. The van der Waals surface area contributed by atoms with Crippen molar-refractivity contribution in [2.45, 2.75) is 6.92 Å². The molecule has 0 aliphatic carbocycles. The summed E-state index contributed by atoms with van der Waals surface area (Å²) in [4.78, 5) is 20.8. The summed E-state index contributed by atoms with van der Waals surface area (Å²) >= 11 is 0. The quantitative estimate of drug-likeness (QED) is 0.540. The predicted molar refractivity (Wildman–Crippen MR) is 87.4 cm³/mol. The Bertz CT molecular complexity index is 1070. The monoisotopic (exact) mass is 287 g/mol. The summed E-state index contributed by atoms with van der Waals surface area (Å²) in [5.41, 5.74) is 2.17. The predicted octanol–water partition coefficient (Wildman–Crippen LogP) is 3.24. The van der Waals surface area contributed by atoms with Crippen LogP contribution in [-0.4, -0.2) is 14.5 Å². The highest BCUT2D eigenvalue weighted by Gasteiger charge is 2.12. The van der Waals surface area contributed by atoms with Crippen molar-refractivity contribution in [1.29, 1.82) is 0 Å². The maximum atomic E-state index is 12.4. The number of aryl methyl sites for hydroxylation is 1. The molecular weight excluding hydrogens is 274 g/mol. The molecule has 0 aliphatic rings.